The van der Waals surface area contributed by atoms with Gasteiger partial charge in [0.25, 0.3) is 0 Å². The maximum Gasteiger partial charge on any atom is 0.119 e. The van der Waals surface area contributed by atoms with Crippen molar-refractivity contribution in [2.75, 3.05) is 7.11 Å². The molecule has 0 radical (unpaired) electrons. The van der Waals surface area contributed by atoms with E-state index in [2.05, 4.69) is 4.36 Å². The van der Waals surface area contributed by atoms with Crippen LogP contribution in [0.3, 0.4) is 0 Å². The van der Waals surface area contributed by atoms with E-state index >= 15 is 0 Å². The number of methoxy groups -OCH3 is 1. The molecule has 1 aliphatic rings. The van der Waals surface area contributed by atoms with Gasteiger partial charge in [-0.05, 0) is 43.3 Å². The van der Waals surface area contributed by atoms with Crippen LogP contribution in [0.2, 0.25) is 0 Å². The van der Waals surface area contributed by atoms with E-state index in [1.165, 1.54) is 0 Å². The zero-order chi connectivity index (χ0) is 14.2. The summed E-state index contributed by atoms with van der Waals surface area (Å²) >= 11 is 0. The van der Waals surface area contributed by atoms with E-state index in [0.717, 1.165) is 27.5 Å². The third-order valence-electron chi connectivity index (χ3n) is 3.26. The SMILES string of the molecule is COc1ccc2c(c1)C=C[S@@](=O)(c1ccc(C)cc1)=N2. The van der Waals surface area contributed by atoms with E-state index in [4.69, 9.17) is 4.74 Å². The second-order valence-electron chi connectivity index (χ2n) is 4.70. The number of hydrogen-bond donors (Lipinski definition) is 0. The minimum absolute atomic E-state index is 0.735. The van der Waals surface area contributed by atoms with Gasteiger partial charge in [-0.1, -0.05) is 17.7 Å². The molecule has 102 valence electrons. The molecule has 2 aromatic rings. The van der Waals surface area contributed by atoms with Crippen LogP contribution in [0.1, 0.15) is 11.1 Å². The fourth-order valence-corrected chi connectivity index (χ4v) is 3.72. The van der Waals surface area contributed by atoms with Gasteiger partial charge in [-0.15, -0.1) is 0 Å². The lowest BCUT2D eigenvalue weighted by Crippen LogP contribution is -1.99. The van der Waals surface area contributed by atoms with Crippen molar-refractivity contribution < 1.29 is 8.95 Å². The summed E-state index contributed by atoms with van der Waals surface area (Å²) < 4.78 is 22.6. The Morgan fingerprint density at radius 2 is 1.85 bits per heavy atom. The number of ether oxygens (including phenoxy) is 1. The molecule has 0 spiro atoms. The summed E-state index contributed by atoms with van der Waals surface area (Å²) in [6.45, 7) is 2.01. The fourth-order valence-electron chi connectivity index (χ4n) is 2.08. The molecule has 2 aromatic carbocycles. The van der Waals surface area contributed by atoms with Crippen LogP contribution in [0.15, 0.2) is 57.1 Å². The van der Waals surface area contributed by atoms with Gasteiger partial charge in [-0.25, -0.2) is 4.21 Å². The molecule has 3 nitrogen and oxygen atoms in total. The Balaban J connectivity index is 2.12. The zero-order valence-corrected chi connectivity index (χ0v) is 12.2. The molecule has 0 fully saturated rings. The molecule has 1 heterocycles. The summed E-state index contributed by atoms with van der Waals surface area (Å²) in [6.07, 6.45) is 1.85. The molecule has 0 aromatic heterocycles. The highest BCUT2D eigenvalue weighted by atomic mass is 32.2. The van der Waals surface area contributed by atoms with Crippen molar-refractivity contribution in [3.8, 4) is 5.75 Å². The molecule has 0 N–H and O–H groups in total. The van der Waals surface area contributed by atoms with E-state index in [1.54, 1.807) is 12.5 Å². The molecule has 20 heavy (non-hydrogen) atoms. The highest BCUT2D eigenvalue weighted by molar-refractivity contribution is 7.96. The van der Waals surface area contributed by atoms with Gasteiger partial charge in [0.05, 0.1) is 17.7 Å². The van der Waals surface area contributed by atoms with Crippen LogP contribution in [0.5, 0.6) is 5.75 Å². The molecule has 0 saturated heterocycles. The number of rotatable bonds is 2. The van der Waals surface area contributed by atoms with Gasteiger partial charge in [0.15, 0.2) is 0 Å². The molecule has 0 saturated carbocycles. The standard InChI is InChI=1S/C16H15NO2S/c1-12-3-6-15(7-4-12)20(18)10-9-13-11-14(19-2)5-8-16(13)17-20/h3-11H,1-2H3/t20-/m1/s1. The third kappa shape index (κ3) is 2.23. The van der Waals surface area contributed by atoms with Gasteiger partial charge in [0, 0.05) is 11.0 Å². The van der Waals surface area contributed by atoms with Gasteiger partial charge in [-0.2, -0.15) is 4.36 Å². The second kappa shape index (κ2) is 4.80. The molecule has 0 aliphatic carbocycles. The van der Waals surface area contributed by atoms with Crippen LogP contribution in [0.4, 0.5) is 5.69 Å². The van der Waals surface area contributed by atoms with Crippen molar-refractivity contribution in [1.29, 1.82) is 0 Å². The van der Waals surface area contributed by atoms with Crippen LogP contribution in [-0.2, 0) is 9.73 Å². The average Bonchev–Trinajstić information content (AvgIpc) is 2.47. The predicted molar refractivity (Wildman–Crippen MR) is 81.7 cm³/mol. The Labute approximate surface area is 119 Å². The maximum absolute atomic E-state index is 13.0. The lowest BCUT2D eigenvalue weighted by Gasteiger charge is -2.13. The number of hydrogen-bond acceptors (Lipinski definition) is 3. The summed E-state index contributed by atoms with van der Waals surface area (Å²) in [5.41, 5.74) is 2.80. The largest absolute Gasteiger partial charge is 0.497 e. The van der Waals surface area contributed by atoms with Crippen LogP contribution in [-0.4, -0.2) is 11.3 Å². The van der Waals surface area contributed by atoms with Crippen molar-refractivity contribution in [2.45, 2.75) is 11.8 Å². The minimum Gasteiger partial charge on any atom is -0.497 e. The Hall–Kier alpha value is -2.07. The number of nitrogens with zero attached hydrogens (tertiary/aromatic N) is 1. The van der Waals surface area contributed by atoms with Crippen molar-refractivity contribution >= 4 is 21.5 Å². The lowest BCUT2D eigenvalue weighted by molar-refractivity contribution is 0.415. The molecule has 0 bridgehead atoms. The van der Waals surface area contributed by atoms with Crippen molar-refractivity contribution in [1.82, 2.24) is 0 Å². The Morgan fingerprint density at radius 3 is 2.55 bits per heavy atom. The first-order valence-corrected chi connectivity index (χ1v) is 7.88. The molecule has 1 atom stereocenters. The van der Waals surface area contributed by atoms with Crippen LogP contribution < -0.4 is 4.74 Å². The first-order chi connectivity index (χ1) is 9.60. The van der Waals surface area contributed by atoms with Crippen LogP contribution in [0.25, 0.3) is 6.08 Å². The first-order valence-electron chi connectivity index (χ1n) is 6.31. The monoisotopic (exact) mass is 285 g/mol. The van der Waals surface area contributed by atoms with E-state index in [9.17, 15) is 4.21 Å². The van der Waals surface area contributed by atoms with Crippen molar-refractivity contribution in [3.05, 3.63) is 59.0 Å². The van der Waals surface area contributed by atoms with Crippen molar-refractivity contribution in [2.24, 2.45) is 4.36 Å². The maximum atomic E-state index is 13.0. The molecule has 1 aliphatic heterocycles. The fraction of sp³-hybridized carbons (Fsp3) is 0.125. The van der Waals surface area contributed by atoms with E-state index in [1.807, 2.05) is 55.5 Å². The Morgan fingerprint density at radius 1 is 1.10 bits per heavy atom. The number of aryl methyl sites for hydroxylation is 1. The van der Waals surface area contributed by atoms with E-state index in [-0.39, 0.29) is 0 Å². The molecule has 0 unspecified atom stereocenters. The topological polar surface area (TPSA) is 38.7 Å². The third-order valence-corrected chi connectivity index (χ3v) is 5.18. The minimum atomic E-state index is -2.52. The van der Waals surface area contributed by atoms with Crippen LogP contribution >= 0.6 is 0 Å². The Kier molecular flexibility index (Phi) is 3.10. The second-order valence-corrected chi connectivity index (χ2v) is 6.76. The molecular weight excluding hydrogens is 270 g/mol. The van der Waals surface area contributed by atoms with Gasteiger partial charge in [-0.3, -0.25) is 0 Å². The van der Waals surface area contributed by atoms with E-state index in [0.29, 0.717) is 0 Å². The highest BCUT2D eigenvalue weighted by Crippen LogP contribution is 2.33. The van der Waals surface area contributed by atoms with E-state index < -0.39 is 9.73 Å². The van der Waals surface area contributed by atoms with Gasteiger partial charge < -0.3 is 4.74 Å². The summed E-state index contributed by atoms with van der Waals surface area (Å²) in [6, 6.07) is 13.2. The summed E-state index contributed by atoms with van der Waals surface area (Å²) in [5.74, 6) is 0.771. The molecule has 3 rings (SSSR count). The van der Waals surface area contributed by atoms with Gasteiger partial charge in [0.2, 0.25) is 0 Å². The molecule has 4 heteroatoms. The smallest absolute Gasteiger partial charge is 0.119 e. The van der Waals surface area contributed by atoms with Gasteiger partial charge in [0.1, 0.15) is 15.5 Å². The van der Waals surface area contributed by atoms with Crippen molar-refractivity contribution in [3.63, 3.8) is 0 Å². The van der Waals surface area contributed by atoms with Crippen LogP contribution in [0, 0.1) is 6.92 Å². The quantitative estimate of drug-likeness (QED) is 0.831. The zero-order valence-electron chi connectivity index (χ0n) is 11.4. The summed E-state index contributed by atoms with van der Waals surface area (Å²) in [7, 11) is -0.889. The molecule has 0 amide bonds. The summed E-state index contributed by atoms with van der Waals surface area (Å²) in [5, 5.41) is 1.68. The van der Waals surface area contributed by atoms with Gasteiger partial charge >= 0.3 is 0 Å². The predicted octanol–water partition coefficient (Wildman–Crippen LogP) is 4.15. The summed E-state index contributed by atoms with van der Waals surface area (Å²) in [4.78, 5) is 0.737. The molecular formula is C16H15NO2S. The Bertz CT molecular complexity index is 798. The number of benzene rings is 2. The lowest BCUT2D eigenvalue weighted by atomic mass is 10.2. The first kappa shape index (κ1) is 12.9. The normalized spacial score (nSPS) is 20.1. The highest BCUT2D eigenvalue weighted by Gasteiger charge is 2.15. The number of fused-ring (bicyclic) bond motifs is 1. The average molecular weight is 285 g/mol.